The van der Waals surface area contributed by atoms with Crippen molar-refractivity contribution in [1.29, 1.82) is 0 Å². The Morgan fingerprint density at radius 3 is 2.25 bits per heavy atom. The molecule has 64 heavy (non-hydrogen) atoms. The lowest BCUT2D eigenvalue weighted by molar-refractivity contribution is -0.138. The van der Waals surface area contributed by atoms with Crippen LogP contribution in [0, 0.1) is 0 Å². The van der Waals surface area contributed by atoms with Crippen molar-refractivity contribution in [3.05, 3.63) is 89.0 Å². The summed E-state index contributed by atoms with van der Waals surface area (Å²) < 4.78 is 66.9. The third-order valence-corrected chi connectivity index (χ3v) is 13.0. The number of carbonyl (C=O) groups is 5. The van der Waals surface area contributed by atoms with Crippen LogP contribution in [0.2, 0.25) is 0 Å². The van der Waals surface area contributed by atoms with Gasteiger partial charge in [-0.05, 0) is 61.7 Å². The number of aromatic nitrogens is 4. The van der Waals surface area contributed by atoms with E-state index in [1.165, 1.54) is 19.4 Å². The van der Waals surface area contributed by atoms with Gasteiger partial charge in [0.25, 0.3) is 17.7 Å². The molecule has 5 amide bonds. The Bertz CT molecular complexity index is 2620. The van der Waals surface area contributed by atoms with Gasteiger partial charge in [-0.1, -0.05) is 0 Å². The first-order valence-corrected chi connectivity index (χ1v) is 22.2. The molecular formula is C41H43F3N12O7S. The summed E-state index contributed by atoms with van der Waals surface area (Å²) >= 11 is 0. The molecule has 1 atom stereocenters. The van der Waals surface area contributed by atoms with Gasteiger partial charge in [0, 0.05) is 94.3 Å². The van der Waals surface area contributed by atoms with Crippen LogP contribution in [0.5, 0.6) is 0 Å². The second-order valence-electron chi connectivity index (χ2n) is 15.8. The van der Waals surface area contributed by atoms with Gasteiger partial charge in [0.1, 0.15) is 23.1 Å². The molecule has 8 rings (SSSR count). The van der Waals surface area contributed by atoms with Gasteiger partial charge in [0.2, 0.25) is 27.8 Å². The molecule has 19 nitrogen and oxygen atoms in total. The van der Waals surface area contributed by atoms with Crippen LogP contribution in [-0.2, 0) is 32.3 Å². The highest BCUT2D eigenvalue weighted by Gasteiger charge is 2.45. The lowest BCUT2D eigenvalue weighted by Crippen LogP contribution is -2.54. The highest BCUT2D eigenvalue weighted by Crippen LogP contribution is 2.35. The predicted octanol–water partition coefficient (Wildman–Crippen LogP) is 2.86. The van der Waals surface area contributed by atoms with E-state index in [1.807, 2.05) is 6.07 Å². The van der Waals surface area contributed by atoms with E-state index in [4.69, 9.17) is 0 Å². The van der Waals surface area contributed by atoms with E-state index in [0.717, 1.165) is 47.1 Å². The number of hydrogen-bond acceptors (Lipinski definition) is 15. The van der Waals surface area contributed by atoms with Crippen molar-refractivity contribution in [2.24, 2.45) is 0 Å². The number of nitrogens with one attached hydrogen (secondary N) is 3. The predicted molar refractivity (Wildman–Crippen MR) is 225 cm³/mol. The van der Waals surface area contributed by atoms with E-state index in [0.29, 0.717) is 43.6 Å². The standard InChI is InChI=1S/C41H43F3N12O7S/c1-52(64(2,62)63)35-31(45-13-14-46-35)23-47-34-30(41(42,43)44)22-48-40(51-34)49-25-5-3-24(4-6-25)37(59)55-15-11-26(12-16-55)53-17-19-54(20-18-53)27-7-8-28-29(21-27)39(61)56(38(28)60)32-9-10-33(57)50-36(32)58/h3-8,13-14,21-22,26,32H,9-12,15-20,23H2,1-2H3,(H,50,57,58)(H2,47,48,49,51). The molecule has 4 aliphatic heterocycles. The molecule has 3 fully saturated rings. The fourth-order valence-corrected chi connectivity index (χ4v) is 8.77. The number of piperidine rings is 2. The molecule has 0 aliphatic carbocycles. The minimum atomic E-state index is -4.81. The van der Waals surface area contributed by atoms with Gasteiger partial charge in [0.05, 0.1) is 23.9 Å². The summed E-state index contributed by atoms with van der Waals surface area (Å²) in [6.07, 6.45) is 0.998. The number of piperazine rings is 1. The monoisotopic (exact) mass is 904 g/mol. The average molecular weight is 905 g/mol. The fraction of sp³-hybridized carbons (Fsp3) is 0.390. The lowest BCUT2D eigenvalue weighted by Gasteiger charge is -2.43. The third kappa shape index (κ3) is 9.02. The van der Waals surface area contributed by atoms with Crippen LogP contribution in [0.4, 0.5) is 42.1 Å². The molecule has 336 valence electrons. The first-order chi connectivity index (χ1) is 30.5. The van der Waals surface area contributed by atoms with E-state index >= 15 is 0 Å². The smallest absolute Gasteiger partial charge is 0.369 e. The van der Waals surface area contributed by atoms with Crippen LogP contribution >= 0.6 is 0 Å². The number of alkyl halides is 3. The maximum atomic E-state index is 14.0. The van der Waals surface area contributed by atoms with Crippen LogP contribution < -0.4 is 25.2 Å². The average Bonchev–Trinajstić information content (AvgIpc) is 3.52. The largest absolute Gasteiger partial charge is 0.421 e. The van der Waals surface area contributed by atoms with E-state index in [9.17, 15) is 45.6 Å². The van der Waals surface area contributed by atoms with Crippen molar-refractivity contribution < 1.29 is 45.6 Å². The minimum absolute atomic E-state index is 0.0481. The number of amides is 5. The molecule has 0 saturated carbocycles. The number of carbonyl (C=O) groups excluding carboxylic acids is 5. The van der Waals surface area contributed by atoms with Crippen molar-refractivity contribution in [2.45, 2.75) is 50.5 Å². The van der Waals surface area contributed by atoms with Gasteiger partial charge in [-0.15, -0.1) is 0 Å². The van der Waals surface area contributed by atoms with Crippen LogP contribution in [0.25, 0.3) is 0 Å². The zero-order valence-electron chi connectivity index (χ0n) is 34.6. The van der Waals surface area contributed by atoms with Crippen molar-refractivity contribution in [3.8, 4) is 0 Å². The number of likely N-dealkylation sites (tertiary alicyclic amines) is 1. The quantitative estimate of drug-likeness (QED) is 0.184. The number of imide groups is 2. The molecule has 4 aromatic rings. The zero-order chi connectivity index (χ0) is 45.5. The maximum Gasteiger partial charge on any atom is 0.421 e. The van der Waals surface area contributed by atoms with Crippen molar-refractivity contribution in [2.75, 3.05) is 72.4 Å². The number of benzene rings is 2. The summed E-state index contributed by atoms with van der Waals surface area (Å²) in [7, 11) is -2.49. The molecule has 3 saturated heterocycles. The fourth-order valence-electron chi connectivity index (χ4n) is 8.30. The van der Waals surface area contributed by atoms with Gasteiger partial charge >= 0.3 is 6.18 Å². The number of nitrogens with zero attached hydrogens (tertiary/aromatic N) is 9. The number of halogens is 3. The molecule has 6 heterocycles. The molecule has 3 N–H and O–H groups in total. The highest BCUT2D eigenvalue weighted by atomic mass is 32.2. The normalized spacial score (nSPS) is 18.8. The Balaban J connectivity index is 0.833. The van der Waals surface area contributed by atoms with Crippen LogP contribution in [0.1, 0.15) is 68.0 Å². The number of anilines is 5. The summed E-state index contributed by atoms with van der Waals surface area (Å²) in [6, 6.07) is 10.8. The minimum Gasteiger partial charge on any atom is -0.369 e. The molecule has 0 bridgehead atoms. The summed E-state index contributed by atoms with van der Waals surface area (Å²) in [5.41, 5.74) is 1.04. The number of rotatable bonds is 11. The molecule has 4 aliphatic rings. The van der Waals surface area contributed by atoms with Crippen LogP contribution in [0.15, 0.2) is 61.1 Å². The van der Waals surface area contributed by atoms with Crippen LogP contribution in [0.3, 0.4) is 0 Å². The molecule has 2 aromatic heterocycles. The van der Waals surface area contributed by atoms with E-state index in [1.54, 1.807) is 41.3 Å². The summed E-state index contributed by atoms with van der Waals surface area (Å²) in [5, 5.41) is 7.68. The first-order valence-electron chi connectivity index (χ1n) is 20.4. The lowest BCUT2D eigenvalue weighted by atomic mass is 10.0. The van der Waals surface area contributed by atoms with Gasteiger partial charge in [-0.25, -0.2) is 18.4 Å². The van der Waals surface area contributed by atoms with Crippen molar-refractivity contribution >= 4 is 68.5 Å². The molecule has 0 spiro atoms. The second kappa shape index (κ2) is 17.4. The van der Waals surface area contributed by atoms with E-state index in [2.05, 4.69) is 45.7 Å². The second-order valence-corrected chi connectivity index (χ2v) is 17.8. The molecule has 2 aromatic carbocycles. The van der Waals surface area contributed by atoms with Crippen molar-refractivity contribution in [1.82, 2.24) is 40.0 Å². The van der Waals surface area contributed by atoms with Crippen LogP contribution in [-0.4, -0.2) is 137 Å². The SMILES string of the molecule is CN(c1nccnc1CNc1nc(Nc2ccc(C(=O)N3CCC(N4CCN(c5ccc6c(c5)C(=O)N(C5CCC(=O)NC5=O)C6=O)CC4)CC3)cc2)ncc1C(F)(F)F)S(C)(=O)=O. The first kappa shape index (κ1) is 43.9. The Morgan fingerprint density at radius 1 is 0.891 bits per heavy atom. The number of sulfonamides is 1. The van der Waals surface area contributed by atoms with Gasteiger partial charge in [0.15, 0.2) is 5.82 Å². The zero-order valence-corrected chi connectivity index (χ0v) is 35.4. The van der Waals surface area contributed by atoms with Gasteiger partial charge < -0.3 is 20.4 Å². The van der Waals surface area contributed by atoms with Gasteiger partial charge in [-0.2, -0.15) is 18.2 Å². The Morgan fingerprint density at radius 2 is 1.58 bits per heavy atom. The Hall–Kier alpha value is -6.75. The molecule has 1 unspecified atom stereocenters. The Kier molecular flexibility index (Phi) is 12.0. The van der Waals surface area contributed by atoms with Crippen molar-refractivity contribution in [3.63, 3.8) is 0 Å². The number of fused-ring (bicyclic) bond motifs is 1. The Labute approximate surface area is 365 Å². The van der Waals surface area contributed by atoms with Gasteiger partial charge in [-0.3, -0.25) is 48.4 Å². The summed E-state index contributed by atoms with van der Waals surface area (Å²) in [4.78, 5) is 87.4. The highest BCUT2D eigenvalue weighted by molar-refractivity contribution is 7.92. The summed E-state index contributed by atoms with van der Waals surface area (Å²) in [5.74, 6) is -3.13. The third-order valence-electron chi connectivity index (χ3n) is 11.8. The van der Waals surface area contributed by atoms with E-state index < -0.39 is 57.3 Å². The topological polar surface area (TPSA) is 223 Å². The summed E-state index contributed by atoms with van der Waals surface area (Å²) in [6.45, 7) is 3.63. The molecular weight excluding hydrogens is 862 g/mol. The molecule has 23 heteroatoms. The maximum absolute atomic E-state index is 14.0. The number of hydrogen-bond donors (Lipinski definition) is 3. The van der Waals surface area contributed by atoms with E-state index in [-0.39, 0.29) is 59.9 Å². The molecule has 0 radical (unpaired) electrons.